The van der Waals surface area contributed by atoms with Gasteiger partial charge in [0.25, 0.3) is 0 Å². The first-order valence-electron chi connectivity index (χ1n) is 8.43. The largest absolute Gasteiger partial charge is 0.496 e. The number of H-pyrrole nitrogens is 1. The van der Waals surface area contributed by atoms with Crippen LogP contribution in [0.1, 0.15) is 44.2 Å². The van der Waals surface area contributed by atoms with Crippen molar-refractivity contribution < 1.29 is 4.74 Å². The van der Waals surface area contributed by atoms with Crippen molar-refractivity contribution in [1.82, 2.24) is 15.3 Å². The summed E-state index contributed by atoms with van der Waals surface area (Å²) in [6.45, 7) is 6.58. The van der Waals surface area contributed by atoms with E-state index in [0.717, 1.165) is 28.2 Å². The highest BCUT2D eigenvalue weighted by atomic mass is 16.5. The number of nitrogens with zero attached hydrogens (tertiary/aromatic N) is 1. The van der Waals surface area contributed by atoms with Gasteiger partial charge in [-0.3, -0.25) is 0 Å². The molecular formula is C20H25N3O. The SMILES string of the molecule is COc1ccccc1[C@@H](C)N[C@@H](c1nc2ccccc2[nH]1)C(C)C. The van der Waals surface area contributed by atoms with Gasteiger partial charge in [0.1, 0.15) is 11.6 Å². The van der Waals surface area contributed by atoms with E-state index in [1.54, 1.807) is 7.11 Å². The summed E-state index contributed by atoms with van der Waals surface area (Å²) in [7, 11) is 1.71. The van der Waals surface area contributed by atoms with Crippen LogP contribution in [0.2, 0.25) is 0 Å². The van der Waals surface area contributed by atoms with Crippen LogP contribution in [0.25, 0.3) is 11.0 Å². The summed E-state index contributed by atoms with van der Waals surface area (Å²) < 4.78 is 5.50. The lowest BCUT2D eigenvalue weighted by molar-refractivity contribution is 0.350. The Bertz CT molecular complexity index is 776. The van der Waals surface area contributed by atoms with E-state index >= 15 is 0 Å². The van der Waals surface area contributed by atoms with Crippen molar-refractivity contribution in [3.05, 3.63) is 59.9 Å². The van der Waals surface area contributed by atoms with Gasteiger partial charge in [0.15, 0.2) is 0 Å². The lowest BCUT2D eigenvalue weighted by Crippen LogP contribution is -2.29. The van der Waals surface area contributed by atoms with Crippen molar-refractivity contribution in [1.29, 1.82) is 0 Å². The van der Waals surface area contributed by atoms with E-state index in [9.17, 15) is 0 Å². The van der Waals surface area contributed by atoms with Gasteiger partial charge in [0.2, 0.25) is 0 Å². The number of hydrogen-bond donors (Lipinski definition) is 2. The molecule has 0 saturated heterocycles. The normalized spacial score (nSPS) is 14.0. The van der Waals surface area contributed by atoms with Crippen LogP contribution in [0.3, 0.4) is 0 Å². The predicted molar refractivity (Wildman–Crippen MR) is 98.2 cm³/mol. The smallest absolute Gasteiger partial charge is 0.124 e. The highest BCUT2D eigenvalue weighted by Gasteiger charge is 2.23. The van der Waals surface area contributed by atoms with E-state index in [1.807, 2.05) is 36.4 Å². The Kier molecular flexibility index (Phi) is 4.86. The third kappa shape index (κ3) is 3.29. The third-order valence-electron chi connectivity index (χ3n) is 4.40. The second-order valence-electron chi connectivity index (χ2n) is 6.49. The van der Waals surface area contributed by atoms with E-state index in [0.29, 0.717) is 5.92 Å². The number of imidazole rings is 1. The standard InChI is InChI=1S/C20H25N3O/c1-13(2)19(20-22-16-10-6-7-11-17(16)23-20)21-14(3)15-9-5-8-12-18(15)24-4/h5-14,19,21H,1-4H3,(H,22,23)/t14-,19-/m1/s1. The second kappa shape index (κ2) is 7.05. The Morgan fingerprint density at radius 2 is 1.71 bits per heavy atom. The molecule has 0 aliphatic heterocycles. The first-order valence-corrected chi connectivity index (χ1v) is 8.43. The monoisotopic (exact) mass is 323 g/mol. The Morgan fingerprint density at radius 1 is 1.00 bits per heavy atom. The van der Waals surface area contributed by atoms with Crippen molar-refractivity contribution in [2.75, 3.05) is 7.11 Å². The van der Waals surface area contributed by atoms with E-state index in [1.165, 1.54) is 0 Å². The van der Waals surface area contributed by atoms with Gasteiger partial charge in [-0.25, -0.2) is 4.98 Å². The summed E-state index contributed by atoms with van der Waals surface area (Å²) >= 11 is 0. The van der Waals surface area contributed by atoms with E-state index in [-0.39, 0.29) is 12.1 Å². The van der Waals surface area contributed by atoms with Gasteiger partial charge in [0.05, 0.1) is 24.2 Å². The number of aromatic nitrogens is 2. The summed E-state index contributed by atoms with van der Waals surface area (Å²) in [5.74, 6) is 2.29. The number of nitrogens with one attached hydrogen (secondary N) is 2. The Labute approximate surface area is 143 Å². The zero-order valence-electron chi connectivity index (χ0n) is 14.7. The van der Waals surface area contributed by atoms with Crippen molar-refractivity contribution in [2.45, 2.75) is 32.9 Å². The summed E-state index contributed by atoms with van der Waals surface area (Å²) in [6, 6.07) is 16.6. The number of rotatable bonds is 6. The third-order valence-corrected chi connectivity index (χ3v) is 4.40. The number of ether oxygens (including phenoxy) is 1. The molecule has 1 aromatic heterocycles. The molecule has 0 unspecified atom stereocenters. The lowest BCUT2D eigenvalue weighted by Gasteiger charge is -2.26. The molecule has 0 amide bonds. The fraction of sp³-hybridized carbons (Fsp3) is 0.350. The molecule has 0 saturated carbocycles. The Hall–Kier alpha value is -2.33. The van der Waals surface area contributed by atoms with Crippen LogP contribution in [0.4, 0.5) is 0 Å². The zero-order chi connectivity index (χ0) is 17.1. The number of para-hydroxylation sites is 3. The first kappa shape index (κ1) is 16.5. The number of benzene rings is 2. The van der Waals surface area contributed by atoms with Crippen LogP contribution in [-0.2, 0) is 0 Å². The molecule has 0 aliphatic rings. The van der Waals surface area contributed by atoms with Crippen LogP contribution < -0.4 is 10.1 Å². The molecule has 0 radical (unpaired) electrons. The zero-order valence-corrected chi connectivity index (χ0v) is 14.7. The molecule has 2 atom stereocenters. The summed E-state index contributed by atoms with van der Waals surface area (Å²) in [6.07, 6.45) is 0. The Morgan fingerprint density at radius 3 is 2.42 bits per heavy atom. The van der Waals surface area contributed by atoms with E-state index < -0.39 is 0 Å². The fourth-order valence-electron chi connectivity index (χ4n) is 3.09. The van der Waals surface area contributed by atoms with Gasteiger partial charge in [-0.2, -0.15) is 0 Å². The summed E-state index contributed by atoms with van der Waals surface area (Å²) in [5.41, 5.74) is 3.23. The molecule has 2 N–H and O–H groups in total. The average Bonchev–Trinajstić information content (AvgIpc) is 3.02. The van der Waals surface area contributed by atoms with Crippen molar-refractivity contribution in [3.8, 4) is 5.75 Å². The minimum Gasteiger partial charge on any atom is -0.496 e. The molecule has 0 bridgehead atoms. The van der Waals surface area contributed by atoms with Crippen LogP contribution in [-0.4, -0.2) is 17.1 Å². The molecule has 2 aromatic carbocycles. The number of hydrogen-bond acceptors (Lipinski definition) is 3. The molecule has 0 fully saturated rings. The van der Waals surface area contributed by atoms with Gasteiger partial charge < -0.3 is 15.0 Å². The summed E-state index contributed by atoms with van der Waals surface area (Å²) in [5, 5.41) is 3.71. The van der Waals surface area contributed by atoms with Gasteiger partial charge in [-0.1, -0.05) is 44.2 Å². The molecule has 24 heavy (non-hydrogen) atoms. The second-order valence-corrected chi connectivity index (χ2v) is 6.49. The minimum absolute atomic E-state index is 0.136. The number of methoxy groups -OCH3 is 1. The van der Waals surface area contributed by atoms with Crippen LogP contribution >= 0.6 is 0 Å². The molecular weight excluding hydrogens is 298 g/mol. The molecule has 126 valence electrons. The molecule has 0 spiro atoms. The quantitative estimate of drug-likeness (QED) is 0.696. The van der Waals surface area contributed by atoms with Crippen molar-refractivity contribution in [2.24, 2.45) is 5.92 Å². The van der Waals surface area contributed by atoms with Crippen molar-refractivity contribution in [3.63, 3.8) is 0 Å². The summed E-state index contributed by atoms with van der Waals surface area (Å²) in [4.78, 5) is 8.23. The fourth-order valence-corrected chi connectivity index (χ4v) is 3.09. The first-order chi connectivity index (χ1) is 11.6. The molecule has 3 aromatic rings. The predicted octanol–water partition coefficient (Wildman–Crippen LogP) is 4.62. The van der Waals surface area contributed by atoms with Crippen LogP contribution in [0, 0.1) is 5.92 Å². The number of fused-ring (bicyclic) bond motifs is 1. The number of aromatic amines is 1. The highest BCUT2D eigenvalue weighted by molar-refractivity contribution is 5.74. The molecule has 3 rings (SSSR count). The van der Waals surface area contributed by atoms with Crippen molar-refractivity contribution >= 4 is 11.0 Å². The maximum Gasteiger partial charge on any atom is 0.124 e. The van der Waals surface area contributed by atoms with Gasteiger partial charge in [-0.15, -0.1) is 0 Å². The maximum absolute atomic E-state index is 5.50. The average molecular weight is 323 g/mol. The minimum atomic E-state index is 0.136. The van der Waals surface area contributed by atoms with Gasteiger partial charge in [-0.05, 0) is 31.0 Å². The van der Waals surface area contributed by atoms with E-state index in [4.69, 9.17) is 9.72 Å². The van der Waals surface area contributed by atoms with E-state index in [2.05, 4.69) is 43.2 Å². The molecule has 4 nitrogen and oxygen atoms in total. The lowest BCUT2D eigenvalue weighted by atomic mass is 10.00. The molecule has 0 aliphatic carbocycles. The van der Waals surface area contributed by atoms with Gasteiger partial charge >= 0.3 is 0 Å². The maximum atomic E-state index is 5.50. The van der Waals surface area contributed by atoms with Crippen LogP contribution in [0.5, 0.6) is 5.75 Å². The van der Waals surface area contributed by atoms with Gasteiger partial charge in [0, 0.05) is 11.6 Å². The molecule has 4 heteroatoms. The van der Waals surface area contributed by atoms with Crippen LogP contribution in [0.15, 0.2) is 48.5 Å². The molecule has 1 heterocycles. The Balaban J connectivity index is 1.88. The highest BCUT2D eigenvalue weighted by Crippen LogP contribution is 2.29. The topological polar surface area (TPSA) is 49.9 Å².